The van der Waals surface area contributed by atoms with Crippen molar-refractivity contribution in [3.8, 4) is 11.5 Å². The number of ketones is 1. The Bertz CT molecular complexity index is 1200. The largest absolute Gasteiger partial charge is 0.452 e. The second-order valence-corrected chi connectivity index (χ2v) is 6.69. The standard InChI is InChI=1S/C24H18N2O4/c1-16-8-7-11-18(14-16)23-26-25-21(30-23)15-29-24(28)20-13-6-5-12-19(20)22(27)17-9-3-2-4-10-17/h2-14H,15H2,1H3. The monoisotopic (exact) mass is 398 g/mol. The van der Waals surface area contributed by atoms with Crippen molar-refractivity contribution in [2.75, 3.05) is 0 Å². The Morgan fingerprint density at radius 2 is 1.60 bits per heavy atom. The van der Waals surface area contributed by atoms with Crippen molar-refractivity contribution >= 4 is 11.8 Å². The molecule has 0 spiro atoms. The minimum Gasteiger partial charge on any atom is -0.452 e. The third kappa shape index (κ3) is 4.17. The molecule has 0 N–H and O–H groups in total. The second kappa shape index (κ2) is 8.53. The predicted molar refractivity (Wildman–Crippen MR) is 110 cm³/mol. The molecule has 1 aromatic heterocycles. The third-order valence-corrected chi connectivity index (χ3v) is 4.49. The number of aryl methyl sites for hydroxylation is 1. The van der Waals surface area contributed by atoms with Gasteiger partial charge in [-0.1, -0.05) is 66.2 Å². The molecule has 0 aliphatic rings. The Hall–Kier alpha value is -4.06. The summed E-state index contributed by atoms with van der Waals surface area (Å²) in [6.45, 7) is 1.78. The first-order chi connectivity index (χ1) is 14.6. The molecule has 0 unspecified atom stereocenters. The molecule has 0 aliphatic heterocycles. The molecule has 0 amide bonds. The fourth-order valence-corrected chi connectivity index (χ4v) is 3.02. The molecule has 0 fully saturated rings. The van der Waals surface area contributed by atoms with E-state index in [4.69, 9.17) is 9.15 Å². The van der Waals surface area contributed by atoms with E-state index in [1.807, 2.05) is 37.3 Å². The van der Waals surface area contributed by atoms with E-state index in [0.717, 1.165) is 11.1 Å². The van der Waals surface area contributed by atoms with Gasteiger partial charge in [-0.25, -0.2) is 4.79 Å². The summed E-state index contributed by atoms with van der Waals surface area (Å²) in [6.07, 6.45) is 0. The van der Waals surface area contributed by atoms with Gasteiger partial charge in [0.1, 0.15) is 0 Å². The fraction of sp³-hybridized carbons (Fsp3) is 0.0833. The number of hydrogen-bond donors (Lipinski definition) is 0. The summed E-state index contributed by atoms with van der Waals surface area (Å²) in [5.41, 5.74) is 2.82. The molecule has 0 atom stereocenters. The van der Waals surface area contributed by atoms with Crippen LogP contribution in [0, 0.1) is 6.92 Å². The second-order valence-electron chi connectivity index (χ2n) is 6.69. The summed E-state index contributed by atoms with van der Waals surface area (Å²) >= 11 is 0. The number of rotatable bonds is 6. The molecule has 4 aromatic rings. The van der Waals surface area contributed by atoms with Gasteiger partial charge in [-0.15, -0.1) is 10.2 Å². The number of aromatic nitrogens is 2. The average Bonchev–Trinajstić information content (AvgIpc) is 3.27. The Labute approximate surface area is 173 Å². The fourth-order valence-electron chi connectivity index (χ4n) is 3.02. The molecule has 6 nitrogen and oxygen atoms in total. The molecule has 0 saturated carbocycles. The summed E-state index contributed by atoms with van der Waals surface area (Å²) in [6, 6.07) is 23.0. The van der Waals surface area contributed by atoms with Gasteiger partial charge >= 0.3 is 5.97 Å². The van der Waals surface area contributed by atoms with Gasteiger partial charge in [0.25, 0.3) is 5.89 Å². The zero-order valence-electron chi connectivity index (χ0n) is 16.2. The van der Waals surface area contributed by atoms with Gasteiger partial charge in [-0.2, -0.15) is 0 Å². The molecule has 3 aromatic carbocycles. The minimum atomic E-state index is -0.634. The number of esters is 1. The Kier molecular flexibility index (Phi) is 5.48. The quantitative estimate of drug-likeness (QED) is 0.348. The van der Waals surface area contributed by atoms with Crippen molar-refractivity contribution in [3.05, 3.63) is 107 Å². The van der Waals surface area contributed by atoms with Crippen LogP contribution in [0.5, 0.6) is 0 Å². The lowest BCUT2D eigenvalue weighted by atomic mass is 9.98. The van der Waals surface area contributed by atoms with Crippen molar-refractivity contribution in [3.63, 3.8) is 0 Å². The number of nitrogens with zero attached hydrogens (tertiary/aromatic N) is 2. The van der Waals surface area contributed by atoms with Gasteiger partial charge < -0.3 is 9.15 Å². The molecule has 30 heavy (non-hydrogen) atoms. The predicted octanol–water partition coefficient (Wildman–Crippen LogP) is 4.63. The van der Waals surface area contributed by atoms with E-state index >= 15 is 0 Å². The van der Waals surface area contributed by atoms with Gasteiger partial charge in [0.05, 0.1) is 5.56 Å². The number of ether oxygens (including phenoxy) is 1. The zero-order chi connectivity index (χ0) is 20.9. The highest BCUT2D eigenvalue weighted by Gasteiger charge is 2.20. The number of carbonyl (C=O) groups excluding carboxylic acids is 2. The van der Waals surface area contributed by atoms with Gasteiger partial charge in [-0.05, 0) is 25.1 Å². The number of benzene rings is 3. The van der Waals surface area contributed by atoms with E-state index in [1.165, 1.54) is 0 Å². The van der Waals surface area contributed by atoms with Gasteiger partial charge in [0.15, 0.2) is 12.4 Å². The van der Waals surface area contributed by atoms with Crippen LogP contribution in [-0.4, -0.2) is 21.9 Å². The summed E-state index contributed by atoms with van der Waals surface area (Å²) in [4.78, 5) is 25.4. The van der Waals surface area contributed by atoms with Crippen molar-refractivity contribution in [1.29, 1.82) is 0 Å². The molecule has 1 heterocycles. The molecule has 148 valence electrons. The molecular formula is C24H18N2O4. The maximum Gasteiger partial charge on any atom is 0.339 e. The van der Waals surface area contributed by atoms with Crippen LogP contribution >= 0.6 is 0 Å². The van der Waals surface area contributed by atoms with Crippen LogP contribution in [0.15, 0.2) is 83.3 Å². The molecule has 0 bridgehead atoms. The first kappa shape index (κ1) is 19.3. The van der Waals surface area contributed by atoms with E-state index in [-0.39, 0.29) is 29.4 Å². The molecule has 0 aliphatic carbocycles. The maximum atomic E-state index is 12.8. The van der Waals surface area contributed by atoms with Crippen LogP contribution in [0.4, 0.5) is 0 Å². The zero-order valence-corrected chi connectivity index (χ0v) is 16.2. The van der Waals surface area contributed by atoms with Crippen LogP contribution in [0.1, 0.15) is 37.7 Å². The molecule has 6 heteroatoms. The van der Waals surface area contributed by atoms with E-state index < -0.39 is 5.97 Å². The van der Waals surface area contributed by atoms with Crippen molar-refractivity contribution in [2.45, 2.75) is 13.5 Å². The first-order valence-corrected chi connectivity index (χ1v) is 9.37. The molecular weight excluding hydrogens is 380 g/mol. The topological polar surface area (TPSA) is 82.3 Å². The van der Waals surface area contributed by atoms with Crippen LogP contribution in [0.2, 0.25) is 0 Å². The van der Waals surface area contributed by atoms with E-state index in [2.05, 4.69) is 10.2 Å². The highest BCUT2D eigenvalue weighted by Crippen LogP contribution is 2.20. The number of carbonyl (C=O) groups is 2. The smallest absolute Gasteiger partial charge is 0.339 e. The van der Waals surface area contributed by atoms with Crippen LogP contribution < -0.4 is 0 Å². The number of hydrogen-bond acceptors (Lipinski definition) is 6. The first-order valence-electron chi connectivity index (χ1n) is 9.37. The van der Waals surface area contributed by atoms with Crippen LogP contribution in [-0.2, 0) is 11.3 Å². The van der Waals surface area contributed by atoms with Gasteiger partial charge in [-0.3, -0.25) is 4.79 Å². The Balaban J connectivity index is 1.49. The van der Waals surface area contributed by atoms with Gasteiger partial charge in [0.2, 0.25) is 5.89 Å². The van der Waals surface area contributed by atoms with Gasteiger partial charge in [0, 0.05) is 16.7 Å². The summed E-state index contributed by atoms with van der Waals surface area (Å²) in [7, 11) is 0. The molecule has 0 radical (unpaired) electrons. The lowest BCUT2D eigenvalue weighted by Crippen LogP contribution is -2.12. The summed E-state index contributed by atoms with van der Waals surface area (Å²) < 4.78 is 10.9. The lowest BCUT2D eigenvalue weighted by Gasteiger charge is -2.08. The molecule has 4 rings (SSSR count). The normalized spacial score (nSPS) is 10.6. The highest BCUT2D eigenvalue weighted by atomic mass is 16.5. The van der Waals surface area contributed by atoms with Crippen molar-refractivity contribution in [2.24, 2.45) is 0 Å². The molecule has 0 saturated heterocycles. The SMILES string of the molecule is Cc1cccc(-c2nnc(COC(=O)c3ccccc3C(=O)c3ccccc3)o2)c1. The Morgan fingerprint density at radius 1 is 0.867 bits per heavy atom. The summed E-state index contributed by atoms with van der Waals surface area (Å²) in [5, 5.41) is 7.93. The minimum absolute atomic E-state index is 0.173. The highest BCUT2D eigenvalue weighted by molar-refractivity contribution is 6.14. The summed E-state index contributed by atoms with van der Waals surface area (Å²) in [5.74, 6) is -0.357. The van der Waals surface area contributed by atoms with Crippen molar-refractivity contribution < 1.29 is 18.7 Å². The van der Waals surface area contributed by atoms with Crippen LogP contribution in [0.25, 0.3) is 11.5 Å². The third-order valence-electron chi connectivity index (χ3n) is 4.49. The van der Waals surface area contributed by atoms with E-state index in [9.17, 15) is 9.59 Å². The van der Waals surface area contributed by atoms with Crippen LogP contribution in [0.3, 0.4) is 0 Å². The van der Waals surface area contributed by atoms with E-state index in [0.29, 0.717) is 11.5 Å². The van der Waals surface area contributed by atoms with E-state index in [1.54, 1.807) is 48.5 Å². The maximum absolute atomic E-state index is 12.8. The van der Waals surface area contributed by atoms with Crippen molar-refractivity contribution in [1.82, 2.24) is 10.2 Å². The lowest BCUT2D eigenvalue weighted by molar-refractivity contribution is 0.0436. The average molecular weight is 398 g/mol. The Morgan fingerprint density at radius 3 is 2.37 bits per heavy atom.